The molecule has 2 fully saturated rings. The van der Waals surface area contributed by atoms with E-state index in [-0.39, 0.29) is 6.42 Å². The fourth-order valence-corrected chi connectivity index (χ4v) is 2.45. The summed E-state index contributed by atoms with van der Waals surface area (Å²) in [6, 6.07) is 0. The van der Waals surface area contributed by atoms with Gasteiger partial charge in [-0.15, -0.1) is 0 Å². The van der Waals surface area contributed by atoms with Crippen molar-refractivity contribution in [1.29, 1.82) is 0 Å². The van der Waals surface area contributed by atoms with Crippen LogP contribution in [0.3, 0.4) is 0 Å². The smallest absolute Gasteiger partial charge is 0.316 e. The van der Waals surface area contributed by atoms with Crippen LogP contribution in [-0.2, 0) is 0 Å². The highest BCUT2D eigenvalue weighted by Gasteiger charge is 2.40. The molecular formula is C12H20F3N. The summed E-state index contributed by atoms with van der Waals surface area (Å²) in [5.74, 6) is 2.51. The van der Waals surface area contributed by atoms with E-state index in [1.54, 1.807) is 0 Å². The van der Waals surface area contributed by atoms with Crippen molar-refractivity contribution in [3.8, 4) is 0 Å². The SMILES string of the molecule is FC(F)(F)CCCNCC(C1CC1)C1CC1. The molecule has 0 aromatic carbocycles. The first-order chi connectivity index (χ1) is 7.56. The number of nitrogens with one attached hydrogen (secondary N) is 1. The van der Waals surface area contributed by atoms with Crippen LogP contribution >= 0.6 is 0 Å². The van der Waals surface area contributed by atoms with Crippen LogP contribution in [0.25, 0.3) is 0 Å². The van der Waals surface area contributed by atoms with Crippen LogP contribution in [-0.4, -0.2) is 19.3 Å². The predicted octanol–water partition coefficient (Wildman–Crippen LogP) is 3.35. The van der Waals surface area contributed by atoms with E-state index in [0.717, 1.165) is 24.3 Å². The van der Waals surface area contributed by atoms with Crippen LogP contribution in [0.2, 0.25) is 0 Å². The third kappa shape index (κ3) is 4.32. The van der Waals surface area contributed by atoms with Gasteiger partial charge >= 0.3 is 6.18 Å². The van der Waals surface area contributed by atoms with Crippen LogP contribution in [0.5, 0.6) is 0 Å². The van der Waals surface area contributed by atoms with E-state index >= 15 is 0 Å². The molecule has 4 heteroatoms. The molecule has 0 radical (unpaired) electrons. The Kier molecular flexibility index (Phi) is 3.77. The molecule has 0 amide bonds. The molecule has 0 unspecified atom stereocenters. The van der Waals surface area contributed by atoms with Crippen LogP contribution in [0.1, 0.15) is 38.5 Å². The summed E-state index contributed by atoms with van der Waals surface area (Å²) >= 11 is 0. The molecule has 2 rings (SSSR count). The highest BCUT2D eigenvalue weighted by Crippen LogP contribution is 2.48. The van der Waals surface area contributed by atoms with Crippen molar-refractivity contribution in [3.05, 3.63) is 0 Å². The van der Waals surface area contributed by atoms with Crippen LogP contribution in [0.4, 0.5) is 13.2 Å². The van der Waals surface area contributed by atoms with Gasteiger partial charge in [0.2, 0.25) is 0 Å². The first-order valence-corrected chi connectivity index (χ1v) is 6.34. The molecule has 2 saturated carbocycles. The molecular weight excluding hydrogens is 215 g/mol. The van der Waals surface area contributed by atoms with E-state index in [2.05, 4.69) is 5.32 Å². The predicted molar refractivity (Wildman–Crippen MR) is 57.1 cm³/mol. The molecule has 1 nitrogen and oxygen atoms in total. The lowest BCUT2D eigenvalue weighted by Gasteiger charge is -2.16. The molecule has 0 heterocycles. The Hall–Kier alpha value is -0.250. The molecule has 1 N–H and O–H groups in total. The molecule has 0 aromatic rings. The van der Waals surface area contributed by atoms with Gasteiger partial charge in [-0.05, 0) is 62.9 Å². The topological polar surface area (TPSA) is 12.0 Å². The lowest BCUT2D eigenvalue weighted by atomic mass is 9.98. The van der Waals surface area contributed by atoms with Gasteiger partial charge < -0.3 is 5.32 Å². The third-order valence-electron chi connectivity index (χ3n) is 3.65. The van der Waals surface area contributed by atoms with Crippen LogP contribution in [0.15, 0.2) is 0 Å². The van der Waals surface area contributed by atoms with Crippen molar-refractivity contribution < 1.29 is 13.2 Å². The molecule has 0 saturated heterocycles. The van der Waals surface area contributed by atoms with Gasteiger partial charge in [-0.1, -0.05) is 0 Å². The van der Waals surface area contributed by atoms with Gasteiger partial charge in [0.05, 0.1) is 0 Å². The zero-order valence-electron chi connectivity index (χ0n) is 9.52. The third-order valence-corrected chi connectivity index (χ3v) is 3.65. The monoisotopic (exact) mass is 235 g/mol. The summed E-state index contributed by atoms with van der Waals surface area (Å²) in [4.78, 5) is 0. The van der Waals surface area contributed by atoms with Gasteiger partial charge in [-0.3, -0.25) is 0 Å². The molecule has 0 atom stereocenters. The average molecular weight is 235 g/mol. The minimum atomic E-state index is -3.99. The normalized spacial score (nSPS) is 21.8. The number of hydrogen-bond donors (Lipinski definition) is 1. The summed E-state index contributed by atoms with van der Waals surface area (Å²) in [6.45, 7) is 1.45. The maximum Gasteiger partial charge on any atom is 0.389 e. The number of hydrogen-bond acceptors (Lipinski definition) is 1. The highest BCUT2D eigenvalue weighted by molar-refractivity contribution is 4.92. The van der Waals surface area contributed by atoms with E-state index in [1.807, 2.05) is 0 Å². The minimum absolute atomic E-state index is 0.214. The molecule has 0 spiro atoms. The van der Waals surface area contributed by atoms with Crippen LogP contribution in [0, 0.1) is 17.8 Å². The second-order valence-corrected chi connectivity index (χ2v) is 5.26. The maximum atomic E-state index is 11.9. The molecule has 2 aliphatic rings. The zero-order chi connectivity index (χ0) is 11.6. The van der Waals surface area contributed by atoms with E-state index in [0.29, 0.717) is 6.54 Å². The van der Waals surface area contributed by atoms with E-state index < -0.39 is 12.6 Å². The summed E-state index contributed by atoms with van der Waals surface area (Å²) in [5, 5.41) is 3.20. The Morgan fingerprint density at radius 1 is 1.06 bits per heavy atom. The Morgan fingerprint density at radius 3 is 2.06 bits per heavy atom. The summed E-state index contributed by atoms with van der Waals surface area (Å²) in [6.07, 6.45) is 0.921. The van der Waals surface area contributed by atoms with Crippen molar-refractivity contribution in [2.24, 2.45) is 17.8 Å². The largest absolute Gasteiger partial charge is 0.389 e. The molecule has 0 bridgehead atoms. The second-order valence-electron chi connectivity index (χ2n) is 5.26. The fraction of sp³-hybridized carbons (Fsp3) is 1.00. The van der Waals surface area contributed by atoms with Crippen molar-refractivity contribution in [1.82, 2.24) is 5.32 Å². The van der Waals surface area contributed by atoms with Crippen molar-refractivity contribution in [2.45, 2.75) is 44.7 Å². The maximum absolute atomic E-state index is 11.9. The number of alkyl halides is 3. The minimum Gasteiger partial charge on any atom is -0.316 e. The Morgan fingerprint density at radius 2 is 1.62 bits per heavy atom. The van der Waals surface area contributed by atoms with Gasteiger partial charge in [0.15, 0.2) is 0 Å². The van der Waals surface area contributed by atoms with Crippen molar-refractivity contribution in [2.75, 3.05) is 13.1 Å². The molecule has 0 aromatic heterocycles. The molecule has 0 aliphatic heterocycles. The van der Waals surface area contributed by atoms with Gasteiger partial charge in [0.1, 0.15) is 0 Å². The standard InChI is InChI=1S/C12H20F3N/c13-12(14,15)6-1-7-16-8-11(9-2-3-9)10-4-5-10/h9-11,16H,1-8H2. The van der Waals surface area contributed by atoms with E-state index in [9.17, 15) is 13.2 Å². The quantitative estimate of drug-likeness (QED) is 0.667. The fourth-order valence-electron chi connectivity index (χ4n) is 2.45. The Balaban J connectivity index is 1.53. The van der Waals surface area contributed by atoms with Crippen LogP contribution < -0.4 is 5.32 Å². The van der Waals surface area contributed by atoms with Crippen molar-refractivity contribution in [3.63, 3.8) is 0 Å². The molecule has 94 valence electrons. The second kappa shape index (κ2) is 4.94. The number of rotatable bonds is 7. The van der Waals surface area contributed by atoms with Gasteiger partial charge in [-0.2, -0.15) is 13.2 Å². The molecule has 2 aliphatic carbocycles. The summed E-state index contributed by atoms with van der Waals surface area (Å²) in [7, 11) is 0. The Labute approximate surface area is 94.8 Å². The lowest BCUT2D eigenvalue weighted by molar-refractivity contribution is -0.135. The van der Waals surface area contributed by atoms with Gasteiger partial charge in [0, 0.05) is 6.42 Å². The first-order valence-electron chi connectivity index (χ1n) is 6.34. The van der Waals surface area contributed by atoms with E-state index in [4.69, 9.17) is 0 Å². The summed E-state index contributed by atoms with van der Waals surface area (Å²) < 4.78 is 35.7. The molecule has 16 heavy (non-hydrogen) atoms. The number of halogens is 3. The average Bonchev–Trinajstić information content (AvgIpc) is 2.98. The van der Waals surface area contributed by atoms with E-state index in [1.165, 1.54) is 25.7 Å². The van der Waals surface area contributed by atoms with Gasteiger partial charge in [-0.25, -0.2) is 0 Å². The summed E-state index contributed by atoms with van der Waals surface area (Å²) in [5.41, 5.74) is 0. The zero-order valence-corrected chi connectivity index (χ0v) is 9.52. The Bertz CT molecular complexity index is 207. The first kappa shape index (κ1) is 12.2. The van der Waals surface area contributed by atoms with Crippen molar-refractivity contribution >= 4 is 0 Å². The lowest BCUT2D eigenvalue weighted by Crippen LogP contribution is -2.27. The highest BCUT2D eigenvalue weighted by atomic mass is 19.4. The van der Waals surface area contributed by atoms with Gasteiger partial charge in [0.25, 0.3) is 0 Å².